The molecular weight excluding hydrogens is 262 g/mol. The second-order valence-corrected chi connectivity index (χ2v) is 5.50. The molecule has 1 fully saturated rings. The predicted octanol–water partition coefficient (Wildman–Crippen LogP) is 0.550. The Bertz CT molecular complexity index is 395. The van der Waals surface area contributed by atoms with Crippen LogP contribution >= 0.6 is 0 Å². The molecule has 1 saturated heterocycles. The van der Waals surface area contributed by atoms with Crippen LogP contribution in [0.3, 0.4) is 0 Å². The minimum absolute atomic E-state index is 0.111. The molecule has 7 nitrogen and oxygen atoms in total. The van der Waals surface area contributed by atoms with Crippen molar-refractivity contribution < 1.29 is 19.5 Å². The third-order valence-electron chi connectivity index (χ3n) is 3.48. The van der Waals surface area contributed by atoms with Crippen LogP contribution in [0.2, 0.25) is 0 Å². The molecule has 0 aromatic carbocycles. The lowest BCUT2D eigenvalue weighted by Gasteiger charge is -2.41. The average molecular weight is 285 g/mol. The minimum atomic E-state index is -0.945. The number of hydrogen-bond acceptors (Lipinski definition) is 3. The van der Waals surface area contributed by atoms with Gasteiger partial charge >= 0.3 is 12.0 Å². The zero-order chi connectivity index (χ0) is 15.3. The molecule has 0 aromatic heterocycles. The molecule has 7 heteroatoms. The Morgan fingerprint density at radius 2 is 2.15 bits per heavy atom. The first-order valence-electron chi connectivity index (χ1n) is 6.87. The van der Waals surface area contributed by atoms with Crippen LogP contribution in [0.1, 0.15) is 40.0 Å². The Kier molecular flexibility index (Phi) is 5.35. The second-order valence-electron chi connectivity index (χ2n) is 5.50. The Balaban J connectivity index is 2.72. The van der Waals surface area contributed by atoms with Crippen LogP contribution in [0.4, 0.5) is 4.79 Å². The molecule has 1 aliphatic rings. The van der Waals surface area contributed by atoms with Gasteiger partial charge in [-0.3, -0.25) is 9.59 Å². The number of amides is 3. The van der Waals surface area contributed by atoms with Crippen molar-refractivity contribution in [3.8, 4) is 0 Å². The Hall–Kier alpha value is -1.79. The Morgan fingerprint density at radius 3 is 2.70 bits per heavy atom. The number of nitrogens with one attached hydrogen (secondary N) is 2. The number of aliphatic carboxylic acids is 1. The van der Waals surface area contributed by atoms with Crippen molar-refractivity contribution >= 4 is 17.9 Å². The SMILES string of the molecule is CCCC(CC(=O)O)NC(=O)N1CCNC(=O)C1(C)C. The summed E-state index contributed by atoms with van der Waals surface area (Å²) >= 11 is 0. The number of rotatable bonds is 5. The second kappa shape index (κ2) is 6.58. The predicted molar refractivity (Wildman–Crippen MR) is 73.3 cm³/mol. The maximum absolute atomic E-state index is 12.3. The van der Waals surface area contributed by atoms with E-state index in [2.05, 4.69) is 10.6 Å². The third kappa shape index (κ3) is 3.85. The highest BCUT2D eigenvalue weighted by Crippen LogP contribution is 2.18. The summed E-state index contributed by atoms with van der Waals surface area (Å²) in [4.78, 5) is 36.3. The number of hydrogen-bond donors (Lipinski definition) is 3. The van der Waals surface area contributed by atoms with Crippen LogP contribution in [0.25, 0.3) is 0 Å². The molecule has 20 heavy (non-hydrogen) atoms. The lowest BCUT2D eigenvalue weighted by atomic mass is 9.99. The largest absolute Gasteiger partial charge is 0.481 e. The maximum Gasteiger partial charge on any atom is 0.318 e. The number of carbonyl (C=O) groups is 3. The summed E-state index contributed by atoms with van der Waals surface area (Å²) in [6.07, 6.45) is 1.26. The van der Waals surface area contributed by atoms with E-state index in [9.17, 15) is 14.4 Å². The highest BCUT2D eigenvalue weighted by Gasteiger charge is 2.40. The molecule has 1 atom stereocenters. The van der Waals surface area contributed by atoms with Crippen LogP contribution in [0.15, 0.2) is 0 Å². The van der Waals surface area contributed by atoms with E-state index in [0.29, 0.717) is 19.5 Å². The fraction of sp³-hybridized carbons (Fsp3) is 0.769. The fourth-order valence-corrected chi connectivity index (χ4v) is 2.29. The molecule has 0 radical (unpaired) electrons. The molecule has 3 N–H and O–H groups in total. The monoisotopic (exact) mass is 285 g/mol. The van der Waals surface area contributed by atoms with Gasteiger partial charge in [-0.15, -0.1) is 0 Å². The van der Waals surface area contributed by atoms with E-state index < -0.39 is 17.6 Å². The number of urea groups is 1. The van der Waals surface area contributed by atoms with Crippen molar-refractivity contribution in [3.05, 3.63) is 0 Å². The molecule has 1 aliphatic heterocycles. The van der Waals surface area contributed by atoms with E-state index in [0.717, 1.165) is 6.42 Å². The molecule has 114 valence electrons. The molecule has 1 heterocycles. The summed E-state index contributed by atoms with van der Waals surface area (Å²) in [5.41, 5.74) is -0.928. The van der Waals surface area contributed by atoms with Gasteiger partial charge in [-0.1, -0.05) is 13.3 Å². The van der Waals surface area contributed by atoms with Crippen LogP contribution in [-0.4, -0.2) is 52.6 Å². The van der Waals surface area contributed by atoms with Gasteiger partial charge in [-0.25, -0.2) is 4.79 Å². The van der Waals surface area contributed by atoms with Gasteiger partial charge < -0.3 is 20.6 Å². The van der Waals surface area contributed by atoms with Crippen molar-refractivity contribution in [1.82, 2.24) is 15.5 Å². The minimum Gasteiger partial charge on any atom is -0.481 e. The van der Waals surface area contributed by atoms with Gasteiger partial charge in [-0.2, -0.15) is 0 Å². The first kappa shape index (κ1) is 16.3. The van der Waals surface area contributed by atoms with Crippen LogP contribution in [0.5, 0.6) is 0 Å². The van der Waals surface area contributed by atoms with Crippen molar-refractivity contribution in [1.29, 1.82) is 0 Å². The van der Waals surface area contributed by atoms with Gasteiger partial charge in [0, 0.05) is 19.1 Å². The molecule has 1 unspecified atom stereocenters. The lowest BCUT2D eigenvalue weighted by Crippen LogP contribution is -2.65. The number of nitrogens with zero attached hydrogens (tertiary/aromatic N) is 1. The van der Waals surface area contributed by atoms with Crippen molar-refractivity contribution in [3.63, 3.8) is 0 Å². The first-order valence-corrected chi connectivity index (χ1v) is 6.87. The summed E-state index contributed by atoms with van der Waals surface area (Å²) in [7, 11) is 0. The number of carboxylic acids is 1. The van der Waals surface area contributed by atoms with Crippen molar-refractivity contribution in [2.45, 2.75) is 51.6 Å². The number of carbonyl (C=O) groups excluding carboxylic acids is 2. The summed E-state index contributed by atoms with van der Waals surface area (Å²) in [6.45, 7) is 6.10. The fourth-order valence-electron chi connectivity index (χ4n) is 2.29. The van der Waals surface area contributed by atoms with E-state index in [1.807, 2.05) is 6.92 Å². The summed E-state index contributed by atoms with van der Waals surface area (Å²) in [5, 5.41) is 14.3. The summed E-state index contributed by atoms with van der Waals surface area (Å²) in [6, 6.07) is -0.796. The molecule has 0 spiro atoms. The zero-order valence-corrected chi connectivity index (χ0v) is 12.2. The topological polar surface area (TPSA) is 98.7 Å². The van der Waals surface area contributed by atoms with Gasteiger partial charge in [0.25, 0.3) is 0 Å². The average Bonchev–Trinajstić information content (AvgIpc) is 2.31. The van der Waals surface area contributed by atoms with E-state index in [4.69, 9.17) is 5.11 Å². The van der Waals surface area contributed by atoms with Crippen LogP contribution in [0, 0.1) is 0 Å². The van der Waals surface area contributed by atoms with Gasteiger partial charge in [0.1, 0.15) is 5.54 Å². The van der Waals surface area contributed by atoms with Crippen molar-refractivity contribution in [2.24, 2.45) is 0 Å². The summed E-state index contributed by atoms with van der Waals surface area (Å²) < 4.78 is 0. The van der Waals surface area contributed by atoms with Crippen molar-refractivity contribution in [2.75, 3.05) is 13.1 Å². The molecule has 0 aliphatic carbocycles. The van der Waals surface area contributed by atoms with E-state index >= 15 is 0 Å². The van der Waals surface area contributed by atoms with Crippen LogP contribution < -0.4 is 10.6 Å². The van der Waals surface area contributed by atoms with E-state index in [-0.39, 0.29) is 18.4 Å². The highest BCUT2D eigenvalue weighted by atomic mass is 16.4. The Morgan fingerprint density at radius 1 is 1.50 bits per heavy atom. The first-order chi connectivity index (χ1) is 9.28. The van der Waals surface area contributed by atoms with Gasteiger partial charge in [0.2, 0.25) is 5.91 Å². The Labute approximate surface area is 118 Å². The van der Waals surface area contributed by atoms with Gasteiger partial charge in [0.15, 0.2) is 0 Å². The smallest absolute Gasteiger partial charge is 0.318 e. The normalized spacial score (nSPS) is 19.1. The van der Waals surface area contributed by atoms with Crippen LogP contribution in [-0.2, 0) is 9.59 Å². The molecule has 1 rings (SSSR count). The molecule has 0 saturated carbocycles. The molecule has 0 bridgehead atoms. The number of carboxylic acid groups (broad SMARTS) is 1. The standard InChI is InChI=1S/C13H23N3O4/c1-4-5-9(8-10(17)18)15-12(20)16-7-6-14-11(19)13(16,2)3/h9H,4-8H2,1-3H3,(H,14,19)(H,15,20)(H,17,18). The van der Waals surface area contributed by atoms with Gasteiger partial charge in [-0.05, 0) is 20.3 Å². The quantitative estimate of drug-likeness (QED) is 0.687. The lowest BCUT2D eigenvalue weighted by molar-refractivity contribution is -0.137. The summed E-state index contributed by atoms with van der Waals surface area (Å²) in [5.74, 6) is -1.15. The zero-order valence-electron chi connectivity index (χ0n) is 12.2. The van der Waals surface area contributed by atoms with Gasteiger partial charge in [0.05, 0.1) is 6.42 Å². The maximum atomic E-state index is 12.3. The third-order valence-corrected chi connectivity index (χ3v) is 3.48. The molecular formula is C13H23N3O4. The number of piperazine rings is 1. The molecule has 3 amide bonds. The molecule has 0 aromatic rings. The highest BCUT2D eigenvalue weighted by molar-refractivity contribution is 5.91. The van der Waals surface area contributed by atoms with E-state index in [1.165, 1.54) is 4.90 Å². The van der Waals surface area contributed by atoms with E-state index in [1.54, 1.807) is 13.8 Å².